The smallest absolute Gasteiger partial charge is 0.262 e. The van der Waals surface area contributed by atoms with E-state index in [-0.39, 0.29) is 41.9 Å². The number of carbonyl (C=O) groups is 1. The Hall–Kier alpha value is -3.32. The number of hydrogen-bond donors (Lipinski definition) is 1. The molecule has 2 fully saturated rings. The fourth-order valence-electron chi connectivity index (χ4n) is 6.40. The Bertz CT molecular complexity index is 1820. The lowest BCUT2D eigenvalue weighted by atomic mass is 9.80. The minimum absolute atomic E-state index is 0.0278. The van der Waals surface area contributed by atoms with Gasteiger partial charge in [-0.2, -0.15) is 4.31 Å². The van der Waals surface area contributed by atoms with E-state index < -0.39 is 21.5 Å². The number of aryl methyl sites for hydroxylation is 1. The largest absolute Gasteiger partial charge is 0.388 e. The van der Waals surface area contributed by atoms with Crippen LogP contribution in [0, 0.1) is 5.92 Å². The highest BCUT2D eigenvalue weighted by atomic mass is 79.9. The highest BCUT2D eigenvalue weighted by molar-refractivity contribution is 9.10. The number of carbonyl (C=O) groups excluding carboxylic acids is 1. The third-order valence-electron chi connectivity index (χ3n) is 8.88. The number of amides is 1. The number of halogens is 1. The van der Waals surface area contributed by atoms with E-state index in [1.807, 2.05) is 37.4 Å². The first-order valence-corrected chi connectivity index (χ1v) is 16.6. The number of rotatable bonds is 6. The van der Waals surface area contributed by atoms with Crippen molar-refractivity contribution >= 4 is 42.9 Å². The van der Waals surface area contributed by atoms with Crippen molar-refractivity contribution in [2.45, 2.75) is 42.2 Å². The summed E-state index contributed by atoms with van der Waals surface area (Å²) < 4.78 is 32.5. The molecule has 1 amide bonds. The topological polar surface area (TPSA) is 118 Å². The Morgan fingerprint density at radius 1 is 1.07 bits per heavy atom. The summed E-state index contributed by atoms with van der Waals surface area (Å²) in [5.41, 5.74) is 0.168. The maximum atomic E-state index is 14.0. The van der Waals surface area contributed by atoms with Gasteiger partial charge >= 0.3 is 0 Å². The van der Waals surface area contributed by atoms with Gasteiger partial charge in [-0.05, 0) is 49.1 Å². The molecule has 0 bridgehead atoms. The first-order chi connectivity index (χ1) is 20.6. The van der Waals surface area contributed by atoms with Gasteiger partial charge in [-0.15, -0.1) is 0 Å². The van der Waals surface area contributed by atoms with E-state index in [0.29, 0.717) is 47.9 Å². The molecule has 0 spiro atoms. The molecule has 6 rings (SSSR count). The van der Waals surface area contributed by atoms with Crippen LogP contribution in [-0.4, -0.2) is 74.5 Å². The van der Waals surface area contributed by atoms with Crippen LogP contribution in [0.25, 0.3) is 11.0 Å². The zero-order valence-corrected chi connectivity index (χ0v) is 26.2. The zero-order chi connectivity index (χ0) is 30.4. The minimum Gasteiger partial charge on any atom is -0.388 e. The number of sulfonamides is 1. The third kappa shape index (κ3) is 5.81. The van der Waals surface area contributed by atoms with Crippen LogP contribution >= 0.6 is 15.9 Å². The molecule has 0 unspecified atom stereocenters. The molecule has 2 saturated heterocycles. The molecule has 4 heterocycles. The van der Waals surface area contributed by atoms with Gasteiger partial charge in [0.05, 0.1) is 22.4 Å². The van der Waals surface area contributed by atoms with Crippen LogP contribution in [0.3, 0.4) is 0 Å². The number of benzene rings is 2. The highest BCUT2D eigenvalue weighted by Crippen LogP contribution is 2.37. The predicted octanol–water partition coefficient (Wildman–Crippen LogP) is 3.35. The molecule has 0 aliphatic carbocycles. The van der Waals surface area contributed by atoms with E-state index in [2.05, 4.69) is 20.9 Å². The second kappa shape index (κ2) is 11.6. The molecule has 4 aromatic rings. The Morgan fingerprint density at radius 3 is 2.53 bits per heavy atom. The third-order valence-corrected chi connectivity index (χ3v) is 11.2. The number of aliphatic hydroxyl groups is 1. The predicted molar refractivity (Wildman–Crippen MR) is 166 cm³/mol. The van der Waals surface area contributed by atoms with Crippen LogP contribution in [0.1, 0.15) is 30.7 Å². The molecule has 2 aromatic carbocycles. The molecule has 43 heavy (non-hydrogen) atoms. The van der Waals surface area contributed by atoms with Crippen molar-refractivity contribution in [1.82, 2.24) is 23.3 Å². The number of aromatic nitrogens is 3. The number of likely N-dealkylation sites (tertiary alicyclic amines) is 1. The van der Waals surface area contributed by atoms with Crippen LogP contribution < -0.4 is 5.56 Å². The lowest BCUT2D eigenvalue weighted by Crippen LogP contribution is -2.53. The molecule has 226 valence electrons. The summed E-state index contributed by atoms with van der Waals surface area (Å²) in [6.45, 7) is 1.24. The number of hydrogen-bond acceptors (Lipinski definition) is 6. The fraction of sp³-hybridized carbons (Fsp3) is 0.387. The van der Waals surface area contributed by atoms with Gasteiger partial charge in [-0.3, -0.25) is 14.2 Å². The van der Waals surface area contributed by atoms with E-state index >= 15 is 0 Å². The van der Waals surface area contributed by atoms with Gasteiger partial charge in [-0.25, -0.2) is 13.4 Å². The quantitative estimate of drug-likeness (QED) is 0.337. The van der Waals surface area contributed by atoms with Crippen molar-refractivity contribution in [3.63, 3.8) is 0 Å². The van der Waals surface area contributed by atoms with E-state index in [0.717, 1.165) is 5.56 Å². The highest BCUT2D eigenvalue weighted by Gasteiger charge is 2.43. The van der Waals surface area contributed by atoms with Crippen LogP contribution in [0.5, 0.6) is 0 Å². The average Bonchev–Trinajstić information content (AvgIpc) is 3.39. The van der Waals surface area contributed by atoms with Gasteiger partial charge in [0.2, 0.25) is 15.9 Å². The number of nitrogens with zero attached hydrogens (tertiary/aromatic N) is 5. The van der Waals surface area contributed by atoms with Crippen molar-refractivity contribution in [3.05, 3.63) is 93.6 Å². The summed E-state index contributed by atoms with van der Waals surface area (Å²) >= 11 is 3.37. The normalized spacial score (nSPS) is 21.2. The van der Waals surface area contributed by atoms with E-state index in [9.17, 15) is 23.1 Å². The zero-order valence-electron chi connectivity index (χ0n) is 23.8. The van der Waals surface area contributed by atoms with Crippen molar-refractivity contribution in [2.75, 3.05) is 26.2 Å². The maximum absolute atomic E-state index is 14.0. The van der Waals surface area contributed by atoms with Crippen molar-refractivity contribution in [3.8, 4) is 0 Å². The maximum Gasteiger partial charge on any atom is 0.262 e. The van der Waals surface area contributed by atoms with Gasteiger partial charge in [0.1, 0.15) is 12.0 Å². The van der Waals surface area contributed by atoms with E-state index in [1.165, 1.54) is 15.2 Å². The summed E-state index contributed by atoms with van der Waals surface area (Å²) in [5.74, 6) is -0.734. The van der Waals surface area contributed by atoms with Crippen molar-refractivity contribution in [1.29, 1.82) is 0 Å². The van der Waals surface area contributed by atoms with Crippen LogP contribution in [0.15, 0.2) is 87.4 Å². The standard InChI is InChI=1S/C31H34BrN5O5S/c1-34-14-10-26-28(34)33-21-36(30(26)39)20-31(40)12-16-35(17-13-31)29(38)25-11-15-37(19-27(25)22-6-3-2-4-7-22)43(41,42)24-9-5-8-23(32)18-24/h2-10,14,18,21,25,27,40H,11-13,15-17,19-20H2,1H3/t25-,27+/m1/s1. The molecule has 0 saturated carbocycles. The molecule has 2 aliphatic rings. The van der Waals surface area contributed by atoms with E-state index in [1.54, 1.807) is 46.0 Å². The molecule has 12 heteroatoms. The summed E-state index contributed by atoms with van der Waals surface area (Å²) in [7, 11) is -1.92. The van der Waals surface area contributed by atoms with E-state index in [4.69, 9.17) is 0 Å². The summed E-state index contributed by atoms with van der Waals surface area (Å²) in [5, 5.41) is 11.9. The van der Waals surface area contributed by atoms with Crippen molar-refractivity contribution in [2.24, 2.45) is 13.0 Å². The molecular formula is C31H34BrN5O5S. The first kappa shape index (κ1) is 29.7. The van der Waals surface area contributed by atoms with Crippen molar-refractivity contribution < 1.29 is 18.3 Å². The molecule has 10 nitrogen and oxygen atoms in total. The molecular weight excluding hydrogens is 634 g/mol. The van der Waals surface area contributed by atoms with Gasteiger partial charge in [0.15, 0.2) is 0 Å². The molecule has 1 N–H and O–H groups in total. The summed E-state index contributed by atoms with van der Waals surface area (Å²) in [6.07, 6.45) is 4.30. The van der Waals surface area contributed by atoms with Gasteiger partial charge in [0.25, 0.3) is 5.56 Å². The lowest BCUT2D eigenvalue weighted by Gasteiger charge is -2.43. The number of fused-ring (bicyclic) bond motifs is 1. The molecule has 2 aromatic heterocycles. The Balaban J connectivity index is 1.17. The Kier molecular flexibility index (Phi) is 8.05. The average molecular weight is 669 g/mol. The van der Waals surface area contributed by atoms with Crippen LogP contribution in [0.4, 0.5) is 0 Å². The molecule has 2 aliphatic heterocycles. The minimum atomic E-state index is -3.75. The second-order valence-corrected chi connectivity index (χ2v) is 14.5. The molecule has 2 atom stereocenters. The monoisotopic (exact) mass is 667 g/mol. The van der Waals surface area contributed by atoms with Gasteiger partial charge < -0.3 is 14.6 Å². The second-order valence-electron chi connectivity index (χ2n) is 11.6. The Morgan fingerprint density at radius 2 is 1.81 bits per heavy atom. The van der Waals surface area contributed by atoms with Gasteiger partial charge in [0, 0.05) is 55.7 Å². The van der Waals surface area contributed by atoms with Gasteiger partial charge in [-0.1, -0.05) is 52.3 Å². The summed E-state index contributed by atoms with van der Waals surface area (Å²) in [6, 6.07) is 18.0. The molecule has 0 radical (unpaired) electrons. The number of piperidine rings is 2. The fourth-order valence-corrected chi connectivity index (χ4v) is 8.47. The Labute approximate surface area is 258 Å². The lowest BCUT2D eigenvalue weighted by molar-refractivity contribution is -0.142. The SMILES string of the molecule is Cn1ccc2c(=O)n(CC3(O)CCN(C(=O)[C@@H]4CCN(S(=O)(=O)c5cccc(Br)c5)C[C@H]4c4ccccc4)CC3)cnc21. The van der Waals surface area contributed by atoms with Crippen LogP contribution in [-0.2, 0) is 28.4 Å². The summed E-state index contributed by atoms with van der Waals surface area (Å²) in [4.78, 5) is 33.4. The van der Waals surface area contributed by atoms with Crippen LogP contribution in [0.2, 0.25) is 0 Å². The first-order valence-electron chi connectivity index (χ1n) is 14.4.